The summed E-state index contributed by atoms with van der Waals surface area (Å²) in [5, 5.41) is 3.76. The number of hydrogen-bond donors (Lipinski definition) is 2. The van der Waals surface area contributed by atoms with Gasteiger partial charge in [0, 0.05) is 11.1 Å². The second-order valence-electron chi connectivity index (χ2n) is 3.51. The number of amides is 1. The highest BCUT2D eigenvalue weighted by molar-refractivity contribution is 7.11. The number of hydrogen-bond acceptors (Lipinski definition) is 5. The van der Waals surface area contributed by atoms with Crippen LogP contribution < -0.4 is 11.1 Å². The summed E-state index contributed by atoms with van der Waals surface area (Å²) in [6.45, 7) is 2.40. The third kappa shape index (κ3) is 3.01. The molecule has 0 saturated carbocycles. The summed E-state index contributed by atoms with van der Waals surface area (Å²) in [7, 11) is 0. The van der Waals surface area contributed by atoms with Crippen LogP contribution in [0.1, 0.15) is 20.4 Å². The Labute approximate surface area is 103 Å². The molecule has 0 fully saturated rings. The fraction of sp³-hybridized carbons (Fsp3) is 0.182. The van der Waals surface area contributed by atoms with Crippen LogP contribution in [0, 0.1) is 6.92 Å². The standard InChI is InChI=1S/C11H12N4OS/c1-7-13-5-9(17-7)6-15-11(16)10-3-2-8(12)4-14-10/h2-5H,6,12H2,1H3,(H,15,16). The molecule has 0 unspecified atom stereocenters. The van der Waals surface area contributed by atoms with Crippen molar-refractivity contribution in [3.8, 4) is 0 Å². The van der Waals surface area contributed by atoms with Crippen LogP contribution in [0.5, 0.6) is 0 Å². The molecule has 2 aromatic rings. The maximum atomic E-state index is 11.7. The van der Waals surface area contributed by atoms with Gasteiger partial charge < -0.3 is 11.1 Å². The molecule has 0 aromatic carbocycles. The van der Waals surface area contributed by atoms with Gasteiger partial charge >= 0.3 is 0 Å². The highest BCUT2D eigenvalue weighted by Gasteiger charge is 2.07. The normalized spacial score (nSPS) is 10.2. The van der Waals surface area contributed by atoms with E-state index in [4.69, 9.17) is 5.73 Å². The molecule has 2 rings (SSSR count). The first-order valence-corrected chi connectivity index (χ1v) is 5.88. The lowest BCUT2D eigenvalue weighted by molar-refractivity contribution is 0.0946. The smallest absolute Gasteiger partial charge is 0.270 e. The summed E-state index contributed by atoms with van der Waals surface area (Å²) < 4.78 is 0. The van der Waals surface area contributed by atoms with Crippen LogP contribution in [-0.4, -0.2) is 15.9 Å². The van der Waals surface area contributed by atoms with Gasteiger partial charge in [-0.05, 0) is 19.1 Å². The number of nitrogens with two attached hydrogens (primary N) is 1. The molecule has 0 bridgehead atoms. The molecule has 17 heavy (non-hydrogen) atoms. The molecule has 2 heterocycles. The van der Waals surface area contributed by atoms with Crippen molar-refractivity contribution in [1.82, 2.24) is 15.3 Å². The van der Waals surface area contributed by atoms with Crippen molar-refractivity contribution < 1.29 is 4.79 Å². The van der Waals surface area contributed by atoms with Gasteiger partial charge in [0.1, 0.15) is 5.69 Å². The van der Waals surface area contributed by atoms with Gasteiger partial charge in [0.2, 0.25) is 0 Å². The Morgan fingerprint density at radius 1 is 1.41 bits per heavy atom. The average Bonchev–Trinajstić information content (AvgIpc) is 2.73. The van der Waals surface area contributed by atoms with E-state index < -0.39 is 0 Å². The summed E-state index contributed by atoms with van der Waals surface area (Å²) in [4.78, 5) is 20.8. The third-order valence-corrected chi connectivity index (χ3v) is 3.02. The zero-order valence-corrected chi connectivity index (χ0v) is 10.1. The van der Waals surface area contributed by atoms with Gasteiger partial charge in [-0.25, -0.2) is 9.97 Å². The number of aryl methyl sites for hydroxylation is 1. The molecule has 0 aliphatic rings. The first-order chi connectivity index (χ1) is 8.15. The molecule has 2 aromatic heterocycles. The van der Waals surface area contributed by atoms with Crippen molar-refractivity contribution >= 4 is 22.9 Å². The Morgan fingerprint density at radius 2 is 2.24 bits per heavy atom. The van der Waals surface area contributed by atoms with E-state index in [1.807, 2.05) is 6.92 Å². The lowest BCUT2D eigenvalue weighted by atomic mass is 10.3. The molecule has 6 heteroatoms. The number of nitrogens with one attached hydrogen (secondary N) is 1. The van der Waals surface area contributed by atoms with E-state index in [2.05, 4.69) is 15.3 Å². The molecule has 3 N–H and O–H groups in total. The molecule has 88 valence electrons. The molecule has 0 atom stereocenters. The molecule has 5 nitrogen and oxygen atoms in total. The van der Waals surface area contributed by atoms with Crippen molar-refractivity contribution in [3.63, 3.8) is 0 Å². The van der Waals surface area contributed by atoms with Gasteiger partial charge in [-0.3, -0.25) is 4.79 Å². The van der Waals surface area contributed by atoms with Crippen LogP contribution in [0.15, 0.2) is 24.5 Å². The number of aromatic nitrogens is 2. The zero-order valence-electron chi connectivity index (χ0n) is 9.30. The lowest BCUT2D eigenvalue weighted by Gasteiger charge is -2.02. The fourth-order valence-corrected chi connectivity index (χ4v) is 2.02. The Hall–Kier alpha value is -1.95. The summed E-state index contributed by atoms with van der Waals surface area (Å²) in [5.41, 5.74) is 6.40. The number of nitrogen functional groups attached to an aromatic ring is 1. The Kier molecular flexibility index (Phi) is 3.34. The number of pyridine rings is 1. The zero-order chi connectivity index (χ0) is 12.3. The quantitative estimate of drug-likeness (QED) is 0.859. The van der Waals surface area contributed by atoms with Crippen LogP contribution in [0.4, 0.5) is 5.69 Å². The first-order valence-electron chi connectivity index (χ1n) is 5.06. The molecule has 0 saturated heterocycles. The molecule has 1 amide bonds. The van der Waals surface area contributed by atoms with E-state index in [1.54, 1.807) is 29.7 Å². The average molecular weight is 248 g/mol. The van der Waals surface area contributed by atoms with Crippen molar-refractivity contribution in [2.45, 2.75) is 13.5 Å². The van der Waals surface area contributed by atoms with Gasteiger partial charge in [-0.2, -0.15) is 0 Å². The van der Waals surface area contributed by atoms with Crippen LogP contribution in [0.25, 0.3) is 0 Å². The van der Waals surface area contributed by atoms with Gasteiger partial charge in [0.25, 0.3) is 5.91 Å². The van der Waals surface area contributed by atoms with E-state index in [0.29, 0.717) is 17.9 Å². The number of rotatable bonds is 3. The second-order valence-corrected chi connectivity index (χ2v) is 4.82. The van der Waals surface area contributed by atoms with E-state index >= 15 is 0 Å². The van der Waals surface area contributed by atoms with E-state index in [-0.39, 0.29) is 5.91 Å². The predicted molar refractivity (Wildman–Crippen MR) is 66.7 cm³/mol. The summed E-state index contributed by atoms with van der Waals surface area (Å²) in [6.07, 6.45) is 3.22. The fourth-order valence-electron chi connectivity index (χ4n) is 1.28. The Bertz CT molecular complexity index is 521. The van der Waals surface area contributed by atoms with Gasteiger partial charge in [0.15, 0.2) is 0 Å². The molecule has 0 aliphatic carbocycles. The Balaban J connectivity index is 1.95. The van der Waals surface area contributed by atoms with Crippen LogP contribution >= 0.6 is 11.3 Å². The minimum Gasteiger partial charge on any atom is -0.397 e. The summed E-state index contributed by atoms with van der Waals surface area (Å²) >= 11 is 1.56. The van der Waals surface area contributed by atoms with Gasteiger partial charge in [-0.15, -0.1) is 11.3 Å². The monoisotopic (exact) mass is 248 g/mol. The topological polar surface area (TPSA) is 80.9 Å². The number of carbonyl (C=O) groups is 1. The first kappa shape index (κ1) is 11.5. The summed E-state index contributed by atoms with van der Waals surface area (Å²) in [6, 6.07) is 3.25. The van der Waals surface area contributed by atoms with Crippen molar-refractivity contribution in [3.05, 3.63) is 40.1 Å². The lowest BCUT2D eigenvalue weighted by Crippen LogP contribution is -2.23. The maximum absolute atomic E-state index is 11.7. The van der Waals surface area contributed by atoms with Crippen molar-refractivity contribution in [2.24, 2.45) is 0 Å². The second kappa shape index (κ2) is 4.92. The van der Waals surface area contributed by atoms with Crippen molar-refractivity contribution in [1.29, 1.82) is 0 Å². The largest absolute Gasteiger partial charge is 0.397 e. The van der Waals surface area contributed by atoms with Gasteiger partial charge in [0.05, 0.1) is 23.4 Å². The van der Waals surface area contributed by atoms with Crippen LogP contribution in [-0.2, 0) is 6.54 Å². The number of carbonyl (C=O) groups excluding carboxylic acids is 1. The van der Waals surface area contributed by atoms with E-state index in [9.17, 15) is 4.79 Å². The number of thiazole rings is 1. The molecule has 0 aliphatic heterocycles. The highest BCUT2D eigenvalue weighted by Crippen LogP contribution is 2.11. The minimum absolute atomic E-state index is 0.212. The van der Waals surface area contributed by atoms with Crippen LogP contribution in [0.2, 0.25) is 0 Å². The number of nitrogens with zero attached hydrogens (tertiary/aromatic N) is 2. The van der Waals surface area contributed by atoms with Gasteiger partial charge in [-0.1, -0.05) is 0 Å². The molecule has 0 spiro atoms. The van der Waals surface area contributed by atoms with Crippen LogP contribution in [0.3, 0.4) is 0 Å². The number of anilines is 1. The maximum Gasteiger partial charge on any atom is 0.270 e. The molecular weight excluding hydrogens is 236 g/mol. The predicted octanol–water partition coefficient (Wildman–Crippen LogP) is 1.36. The van der Waals surface area contributed by atoms with E-state index in [0.717, 1.165) is 9.88 Å². The molecule has 0 radical (unpaired) electrons. The van der Waals surface area contributed by atoms with E-state index in [1.165, 1.54) is 6.20 Å². The molecular formula is C11H12N4OS. The SMILES string of the molecule is Cc1ncc(CNC(=O)c2ccc(N)cn2)s1. The third-order valence-electron chi connectivity index (χ3n) is 2.11. The summed E-state index contributed by atoms with van der Waals surface area (Å²) in [5.74, 6) is -0.212. The van der Waals surface area contributed by atoms with Crippen molar-refractivity contribution in [2.75, 3.05) is 5.73 Å². The minimum atomic E-state index is -0.212. The Morgan fingerprint density at radius 3 is 2.82 bits per heavy atom. The highest BCUT2D eigenvalue weighted by atomic mass is 32.1.